The Morgan fingerprint density at radius 3 is 2.79 bits per heavy atom. The third-order valence-electron chi connectivity index (χ3n) is 4.86. The SMILES string of the molecule is Cc1cccc(-c2ccn(-c3nc(N4CCOCC4)c4nc(C=O)[nH]c4n3)n2)c1. The fraction of sp³-hybridized carbons (Fsp3) is 0.250. The number of imidazole rings is 1. The van der Waals surface area contributed by atoms with Crippen molar-refractivity contribution in [3.8, 4) is 17.2 Å². The maximum absolute atomic E-state index is 11.2. The molecule has 0 saturated carbocycles. The molecule has 1 aromatic carbocycles. The third-order valence-corrected chi connectivity index (χ3v) is 4.86. The van der Waals surface area contributed by atoms with Crippen molar-refractivity contribution in [2.45, 2.75) is 6.92 Å². The summed E-state index contributed by atoms with van der Waals surface area (Å²) in [7, 11) is 0. The lowest BCUT2D eigenvalue weighted by Gasteiger charge is -2.27. The topological polar surface area (TPSA) is 102 Å². The standard InChI is InChI=1S/C20H19N7O2/c1-13-3-2-4-14(11-13)15-5-6-27(25-15)20-23-18-17(21-16(12-28)22-18)19(24-20)26-7-9-29-10-8-26/h2-6,11-12H,7-10H2,1H3,(H,21,22,23,24). The average molecular weight is 389 g/mol. The molecule has 9 nitrogen and oxygen atoms in total. The Kier molecular flexibility index (Phi) is 4.28. The summed E-state index contributed by atoms with van der Waals surface area (Å²) in [4.78, 5) is 29.9. The average Bonchev–Trinajstić information content (AvgIpc) is 3.41. The van der Waals surface area contributed by atoms with Crippen LogP contribution in [0.15, 0.2) is 36.5 Å². The summed E-state index contributed by atoms with van der Waals surface area (Å²) in [5.74, 6) is 1.31. The molecule has 1 aliphatic rings. The number of H-pyrrole nitrogens is 1. The molecule has 0 radical (unpaired) electrons. The van der Waals surface area contributed by atoms with Crippen LogP contribution in [-0.4, -0.2) is 62.3 Å². The number of carbonyl (C=O) groups is 1. The van der Waals surface area contributed by atoms with Gasteiger partial charge < -0.3 is 14.6 Å². The zero-order valence-electron chi connectivity index (χ0n) is 15.9. The summed E-state index contributed by atoms with van der Waals surface area (Å²) >= 11 is 0. The lowest BCUT2D eigenvalue weighted by molar-refractivity contribution is 0.111. The number of anilines is 1. The van der Waals surface area contributed by atoms with Crippen LogP contribution in [0.5, 0.6) is 0 Å². The minimum absolute atomic E-state index is 0.224. The Morgan fingerprint density at radius 2 is 2.00 bits per heavy atom. The van der Waals surface area contributed by atoms with Crippen LogP contribution in [0.4, 0.5) is 5.82 Å². The van der Waals surface area contributed by atoms with Gasteiger partial charge in [0.1, 0.15) is 0 Å². The zero-order valence-corrected chi connectivity index (χ0v) is 15.9. The van der Waals surface area contributed by atoms with E-state index < -0.39 is 0 Å². The van der Waals surface area contributed by atoms with E-state index in [1.807, 2.05) is 24.4 Å². The van der Waals surface area contributed by atoms with E-state index in [2.05, 4.69) is 44.0 Å². The molecule has 0 unspecified atom stereocenters. The highest BCUT2D eigenvalue weighted by molar-refractivity contribution is 5.87. The number of aromatic nitrogens is 6. The molecule has 5 rings (SSSR count). The first kappa shape index (κ1) is 17.5. The van der Waals surface area contributed by atoms with Gasteiger partial charge in [-0.25, -0.2) is 9.67 Å². The lowest BCUT2D eigenvalue weighted by atomic mass is 10.1. The van der Waals surface area contributed by atoms with Gasteiger partial charge >= 0.3 is 0 Å². The van der Waals surface area contributed by atoms with Gasteiger partial charge in [-0.3, -0.25) is 4.79 Å². The second kappa shape index (κ2) is 7.10. The maximum Gasteiger partial charge on any atom is 0.254 e. The molecular formula is C20H19N7O2. The molecular weight excluding hydrogens is 370 g/mol. The second-order valence-electron chi connectivity index (χ2n) is 6.90. The Balaban J connectivity index is 1.60. The van der Waals surface area contributed by atoms with Crippen LogP contribution in [-0.2, 0) is 4.74 Å². The smallest absolute Gasteiger partial charge is 0.254 e. The number of hydrogen-bond acceptors (Lipinski definition) is 7. The Hall–Kier alpha value is -3.59. The van der Waals surface area contributed by atoms with Crippen molar-refractivity contribution in [3.05, 3.63) is 47.9 Å². The van der Waals surface area contributed by atoms with Crippen LogP contribution in [0.25, 0.3) is 28.4 Å². The van der Waals surface area contributed by atoms with Crippen molar-refractivity contribution in [1.82, 2.24) is 29.7 Å². The van der Waals surface area contributed by atoms with Crippen molar-refractivity contribution in [2.75, 3.05) is 31.2 Å². The monoisotopic (exact) mass is 389 g/mol. The number of fused-ring (bicyclic) bond motifs is 1. The van der Waals surface area contributed by atoms with Crippen LogP contribution < -0.4 is 4.90 Å². The number of morpholine rings is 1. The number of carbonyl (C=O) groups excluding carboxylic acids is 1. The van der Waals surface area contributed by atoms with Gasteiger partial charge in [0.2, 0.25) is 0 Å². The lowest BCUT2D eigenvalue weighted by Crippen LogP contribution is -2.37. The Labute approximate surface area is 166 Å². The van der Waals surface area contributed by atoms with Crippen LogP contribution in [0.3, 0.4) is 0 Å². The highest BCUT2D eigenvalue weighted by Gasteiger charge is 2.21. The number of nitrogens with one attached hydrogen (secondary N) is 1. The van der Waals surface area contributed by atoms with Gasteiger partial charge in [0, 0.05) is 24.8 Å². The van der Waals surface area contributed by atoms with Crippen LogP contribution in [0.2, 0.25) is 0 Å². The molecule has 1 saturated heterocycles. The summed E-state index contributed by atoms with van der Waals surface area (Å²) in [5.41, 5.74) is 4.12. The molecule has 0 aliphatic carbocycles. The van der Waals surface area contributed by atoms with Gasteiger partial charge in [-0.15, -0.1) is 0 Å². The highest BCUT2D eigenvalue weighted by Crippen LogP contribution is 2.25. The van der Waals surface area contributed by atoms with Gasteiger partial charge in [0.05, 0.1) is 18.9 Å². The molecule has 0 atom stereocenters. The number of aromatic amines is 1. The molecule has 9 heteroatoms. The van der Waals surface area contributed by atoms with E-state index in [1.165, 1.54) is 5.56 Å². The Bertz CT molecular complexity index is 1190. The maximum atomic E-state index is 11.2. The molecule has 1 aliphatic heterocycles. The third kappa shape index (κ3) is 3.25. The minimum Gasteiger partial charge on any atom is -0.378 e. The number of hydrogen-bond donors (Lipinski definition) is 1. The first-order chi connectivity index (χ1) is 14.2. The van der Waals surface area contributed by atoms with Crippen molar-refractivity contribution >= 4 is 23.3 Å². The fourth-order valence-electron chi connectivity index (χ4n) is 3.44. The quantitative estimate of drug-likeness (QED) is 0.534. The van der Waals surface area contributed by atoms with Crippen molar-refractivity contribution < 1.29 is 9.53 Å². The number of benzene rings is 1. The van der Waals surface area contributed by atoms with Crippen LogP contribution >= 0.6 is 0 Å². The molecule has 29 heavy (non-hydrogen) atoms. The van der Waals surface area contributed by atoms with Crippen LogP contribution in [0.1, 0.15) is 16.2 Å². The molecule has 1 N–H and O–H groups in total. The Morgan fingerprint density at radius 1 is 1.14 bits per heavy atom. The summed E-state index contributed by atoms with van der Waals surface area (Å²) in [6.45, 7) is 4.68. The minimum atomic E-state index is 0.224. The molecule has 0 bridgehead atoms. The molecule has 3 aromatic heterocycles. The van der Waals surface area contributed by atoms with E-state index in [-0.39, 0.29) is 5.82 Å². The molecule has 1 fully saturated rings. The molecule has 0 amide bonds. The van der Waals surface area contributed by atoms with E-state index in [0.29, 0.717) is 55.5 Å². The van der Waals surface area contributed by atoms with Crippen LogP contribution in [0, 0.1) is 6.92 Å². The largest absolute Gasteiger partial charge is 0.378 e. The molecule has 0 spiro atoms. The van der Waals surface area contributed by atoms with Gasteiger partial charge in [-0.2, -0.15) is 15.1 Å². The highest BCUT2D eigenvalue weighted by atomic mass is 16.5. The summed E-state index contributed by atoms with van der Waals surface area (Å²) in [6.07, 6.45) is 2.51. The van der Waals surface area contributed by atoms with E-state index in [1.54, 1.807) is 4.68 Å². The van der Waals surface area contributed by atoms with Gasteiger partial charge in [0.25, 0.3) is 5.95 Å². The van der Waals surface area contributed by atoms with E-state index >= 15 is 0 Å². The second-order valence-corrected chi connectivity index (χ2v) is 6.90. The first-order valence-electron chi connectivity index (χ1n) is 9.40. The number of aldehydes is 1. The van der Waals surface area contributed by atoms with Gasteiger partial charge in [-0.1, -0.05) is 23.8 Å². The van der Waals surface area contributed by atoms with Gasteiger partial charge in [0.15, 0.2) is 29.1 Å². The normalized spacial score (nSPS) is 14.4. The number of ether oxygens (including phenoxy) is 1. The van der Waals surface area contributed by atoms with Crippen molar-refractivity contribution in [3.63, 3.8) is 0 Å². The van der Waals surface area contributed by atoms with E-state index in [0.717, 1.165) is 11.3 Å². The molecule has 4 heterocycles. The predicted molar refractivity (Wildman–Crippen MR) is 107 cm³/mol. The number of nitrogens with zero attached hydrogens (tertiary/aromatic N) is 6. The van der Waals surface area contributed by atoms with Gasteiger partial charge in [-0.05, 0) is 19.1 Å². The van der Waals surface area contributed by atoms with E-state index in [9.17, 15) is 4.79 Å². The predicted octanol–water partition coefficient (Wildman–Crippen LogP) is 2.16. The van der Waals surface area contributed by atoms with Crippen molar-refractivity contribution in [2.24, 2.45) is 0 Å². The number of aryl methyl sites for hydroxylation is 1. The summed E-state index contributed by atoms with van der Waals surface area (Å²) in [5, 5.41) is 4.66. The summed E-state index contributed by atoms with van der Waals surface area (Å²) < 4.78 is 7.09. The number of rotatable bonds is 4. The zero-order chi connectivity index (χ0) is 19.8. The first-order valence-corrected chi connectivity index (χ1v) is 9.40. The van der Waals surface area contributed by atoms with Crippen molar-refractivity contribution in [1.29, 1.82) is 0 Å². The molecule has 146 valence electrons. The molecule has 4 aromatic rings. The van der Waals surface area contributed by atoms with E-state index in [4.69, 9.17) is 9.72 Å². The fourth-order valence-corrected chi connectivity index (χ4v) is 3.44. The summed E-state index contributed by atoms with van der Waals surface area (Å²) in [6, 6.07) is 10.1.